The zero-order valence-electron chi connectivity index (χ0n) is 11.2. The predicted molar refractivity (Wildman–Crippen MR) is 71.1 cm³/mol. The van der Waals surface area contributed by atoms with Gasteiger partial charge in [0.25, 0.3) is 11.8 Å². The highest BCUT2D eigenvalue weighted by atomic mass is 16.2. The van der Waals surface area contributed by atoms with Gasteiger partial charge in [0.1, 0.15) is 12.0 Å². The van der Waals surface area contributed by atoms with Crippen molar-refractivity contribution in [1.82, 2.24) is 30.3 Å². The van der Waals surface area contributed by atoms with E-state index >= 15 is 0 Å². The minimum atomic E-state index is -0.596. The van der Waals surface area contributed by atoms with Gasteiger partial charge in [-0.3, -0.25) is 19.8 Å². The van der Waals surface area contributed by atoms with Crippen LogP contribution in [0, 0.1) is 0 Å². The summed E-state index contributed by atoms with van der Waals surface area (Å²) in [6, 6.07) is 1.43. The molecule has 9 nitrogen and oxygen atoms in total. The van der Waals surface area contributed by atoms with Gasteiger partial charge >= 0.3 is 0 Å². The third-order valence-corrected chi connectivity index (χ3v) is 3.59. The summed E-state index contributed by atoms with van der Waals surface area (Å²) in [6.07, 6.45) is 4.01. The number of carbonyl (C=O) groups excluding carboxylic acids is 2. The van der Waals surface area contributed by atoms with Crippen molar-refractivity contribution in [2.75, 3.05) is 6.54 Å². The molecule has 0 aliphatic carbocycles. The Labute approximate surface area is 119 Å². The minimum Gasteiger partial charge on any atom is -0.364 e. The first-order chi connectivity index (χ1) is 10.2. The number of rotatable bonds is 3. The zero-order valence-corrected chi connectivity index (χ0v) is 11.2. The molecule has 0 bridgehead atoms. The number of likely N-dealkylation sites (tertiary alicyclic amines) is 1. The Morgan fingerprint density at radius 3 is 2.86 bits per heavy atom. The fourth-order valence-electron chi connectivity index (χ4n) is 2.58. The van der Waals surface area contributed by atoms with Crippen molar-refractivity contribution in [3.05, 3.63) is 29.6 Å². The molecule has 1 fully saturated rings. The van der Waals surface area contributed by atoms with Gasteiger partial charge in [-0.2, -0.15) is 10.2 Å². The van der Waals surface area contributed by atoms with Gasteiger partial charge in [0, 0.05) is 6.54 Å². The first-order valence-electron chi connectivity index (χ1n) is 6.68. The summed E-state index contributed by atoms with van der Waals surface area (Å²) in [5.41, 5.74) is 6.08. The molecule has 2 amide bonds. The first-order valence-corrected chi connectivity index (χ1v) is 6.68. The summed E-state index contributed by atoms with van der Waals surface area (Å²) >= 11 is 0. The van der Waals surface area contributed by atoms with Crippen LogP contribution in [0.1, 0.15) is 52.1 Å². The van der Waals surface area contributed by atoms with E-state index in [-0.39, 0.29) is 23.5 Å². The topological polar surface area (TPSA) is 134 Å². The van der Waals surface area contributed by atoms with Crippen LogP contribution in [0.3, 0.4) is 0 Å². The van der Waals surface area contributed by atoms with Gasteiger partial charge in [-0.1, -0.05) is 0 Å². The van der Waals surface area contributed by atoms with Gasteiger partial charge in [0.05, 0.1) is 11.7 Å². The third-order valence-electron chi connectivity index (χ3n) is 3.59. The summed E-state index contributed by atoms with van der Waals surface area (Å²) in [4.78, 5) is 29.2. The molecule has 1 aliphatic rings. The van der Waals surface area contributed by atoms with Gasteiger partial charge in [-0.05, 0) is 25.3 Å². The lowest BCUT2D eigenvalue weighted by Crippen LogP contribution is -2.39. The van der Waals surface area contributed by atoms with E-state index in [9.17, 15) is 9.59 Å². The quantitative estimate of drug-likeness (QED) is 0.730. The molecular formula is C12H15N7O2. The Morgan fingerprint density at radius 2 is 2.19 bits per heavy atom. The molecule has 0 spiro atoms. The fourth-order valence-corrected chi connectivity index (χ4v) is 2.58. The fraction of sp³-hybridized carbons (Fsp3) is 0.417. The van der Waals surface area contributed by atoms with Gasteiger partial charge in [-0.25, -0.2) is 4.98 Å². The van der Waals surface area contributed by atoms with Crippen LogP contribution in [-0.4, -0.2) is 48.6 Å². The molecule has 1 atom stereocenters. The van der Waals surface area contributed by atoms with E-state index in [1.54, 1.807) is 11.0 Å². The molecule has 9 heteroatoms. The standard InChI is InChI=1S/C12H15N7O2/c13-10(20)8-5-7(16-17-8)9-3-1-2-4-19(9)12(21)11-14-6-15-18-11/h5-6,9H,1-4H2,(H2,13,20)(H,16,17)(H,14,15,18). The highest BCUT2D eigenvalue weighted by Gasteiger charge is 2.31. The highest BCUT2D eigenvalue weighted by molar-refractivity contribution is 5.91. The van der Waals surface area contributed by atoms with Crippen molar-refractivity contribution >= 4 is 11.8 Å². The van der Waals surface area contributed by atoms with Crippen LogP contribution in [0.15, 0.2) is 12.4 Å². The summed E-state index contributed by atoms with van der Waals surface area (Å²) < 4.78 is 0. The van der Waals surface area contributed by atoms with E-state index in [2.05, 4.69) is 25.4 Å². The van der Waals surface area contributed by atoms with Crippen LogP contribution in [0.25, 0.3) is 0 Å². The largest absolute Gasteiger partial charge is 0.364 e. The number of primary amides is 1. The summed E-state index contributed by atoms with van der Waals surface area (Å²) in [5, 5.41) is 12.9. The molecule has 1 aliphatic heterocycles. The molecule has 0 saturated carbocycles. The highest BCUT2D eigenvalue weighted by Crippen LogP contribution is 2.30. The molecule has 2 aromatic heterocycles. The lowest BCUT2D eigenvalue weighted by atomic mass is 9.99. The van der Waals surface area contributed by atoms with Crippen LogP contribution in [0.5, 0.6) is 0 Å². The average molecular weight is 289 g/mol. The molecule has 0 radical (unpaired) electrons. The second-order valence-electron chi connectivity index (χ2n) is 4.92. The number of nitrogens with one attached hydrogen (secondary N) is 2. The van der Waals surface area contributed by atoms with Gasteiger partial charge in [0.2, 0.25) is 5.82 Å². The number of carbonyl (C=O) groups is 2. The van der Waals surface area contributed by atoms with E-state index < -0.39 is 5.91 Å². The maximum atomic E-state index is 12.5. The molecule has 1 unspecified atom stereocenters. The Bertz CT molecular complexity index is 648. The smallest absolute Gasteiger partial charge is 0.291 e. The lowest BCUT2D eigenvalue weighted by molar-refractivity contribution is 0.0593. The number of piperidine rings is 1. The number of nitrogens with zero attached hydrogens (tertiary/aromatic N) is 4. The number of hydrogen-bond acceptors (Lipinski definition) is 5. The van der Waals surface area contributed by atoms with Crippen molar-refractivity contribution in [2.45, 2.75) is 25.3 Å². The van der Waals surface area contributed by atoms with Crippen molar-refractivity contribution in [1.29, 1.82) is 0 Å². The SMILES string of the molecule is NC(=O)c1cc(C2CCCCN2C(=O)c2ncn[nH]2)[nH]n1. The monoisotopic (exact) mass is 289 g/mol. The number of aromatic amines is 2. The summed E-state index contributed by atoms with van der Waals surface area (Å²) in [6.45, 7) is 0.620. The second kappa shape index (κ2) is 5.35. The van der Waals surface area contributed by atoms with Crippen molar-refractivity contribution in [2.24, 2.45) is 5.73 Å². The van der Waals surface area contributed by atoms with Gasteiger partial charge in [-0.15, -0.1) is 0 Å². The van der Waals surface area contributed by atoms with E-state index in [4.69, 9.17) is 5.73 Å². The molecule has 21 heavy (non-hydrogen) atoms. The molecule has 0 aromatic carbocycles. The normalized spacial score (nSPS) is 18.7. The maximum absolute atomic E-state index is 12.5. The molecule has 4 N–H and O–H groups in total. The van der Waals surface area contributed by atoms with Crippen LogP contribution in [0.2, 0.25) is 0 Å². The Balaban J connectivity index is 1.87. The summed E-state index contributed by atoms with van der Waals surface area (Å²) in [5.74, 6) is -0.606. The maximum Gasteiger partial charge on any atom is 0.291 e. The van der Waals surface area contributed by atoms with Crippen molar-refractivity contribution in [3.63, 3.8) is 0 Å². The van der Waals surface area contributed by atoms with Gasteiger partial charge in [0.15, 0.2) is 0 Å². The molecule has 1 saturated heterocycles. The van der Waals surface area contributed by atoms with E-state index in [1.807, 2.05) is 0 Å². The van der Waals surface area contributed by atoms with Crippen molar-refractivity contribution < 1.29 is 9.59 Å². The molecule has 3 rings (SSSR count). The Kier molecular flexibility index (Phi) is 3.38. The molecule has 2 aromatic rings. The van der Waals surface area contributed by atoms with Crippen LogP contribution in [0.4, 0.5) is 0 Å². The number of aromatic nitrogens is 5. The number of amides is 2. The molecular weight excluding hydrogens is 274 g/mol. The second-order valence-corrected chi connectivity index (χ2v) is 4.92. The van der Waals surface area contributed by atoms with Crippen LogP contribution < -0.4 is 5.73 Å². The number of nitrogens with two attached hydrogens (primary N) is 1. The summed E-state index contributed by atoms with van der Waals surface area (Å²) in [7, 11) is 0. The predicted octanol–water partition coefficient (Wildman–Crippen LogP) is -0.00590. The minimum absolute atomic E-state index is 0.169. The third kappa shape index (κ3) is 2.49. The van der Waals surface area contributed by atoms with Crippen molar-refractivity contribution in [3.8, 4) is 0 Å². The zero-order chi connectivity index (χ0) is 14.8. The van der Waals surface area contributed by atoms with Gasteiger partial charge < -0.3 is 10.6 Å². The van der Waals surface area contributed by atoms with Crippen LogP contribution in [-0.2, 0) is 0 Å². The molecule has 3 heterocycles. The first kappa shape index (κ1) is 13.3. The number of H-pyrrole nitrogens is 2. The van der Waals surface area contributed by atoms with E-state index in [1.165, 1.54) is 6.33 Å². The number of hydrogen-bond donors (Lipinski definition) is 3. The average Bonchev–Trinajstić information content (AvgIpc) is 3.18. The van der Waals surface area contributed by atoms with E-state index in [0.717, 1.165) is 19.3 Å². The Morgan fingerprint density at radius 1 is 1.33 bits per heavy atom. The lowest BCUT2D eigenvalue weighted by Gasteiger charge is -2.34. The van der Waals surface area contributed by atoms with Crippen LogP contribution >= 0.6 is 0 Å². The molecule has 110 valence electrons. The van der Waals surface area contributed by atoms with E-state index in [0.29, 0.717) is 12.2 Å². The Hall–Kier alpha value is -2.71.